The molecule has 2 rings (SSSR count). The van der Waals surface area contributed by atoms with E-state index in [1.54, 1.807) is 24.3 Å². The summed E-state index contributed by atoms with van der Waals surface area (Å²) in [5.41, 5.74) is 6.49. The molecule has 20 heavy (non-hydrogen) atoms. The van der Waals surface area contributed by atoms with Crippen LogP contribution in [0.3, 0.4) is 0 Å². The van der Waals surface area contributed by atoms with Crippen molar-refractivity contribution < 1.29 is 19.5 Å². The predicted octanol–water partition coefficient (Wildman–Crippen LogP) is -0.0737. The van der Waals surface area contributed by atoms with Gasteiger partial charge in [-0.3, -0.25) is 4.79 Å². The molecule has 7 heteroatoms. The number of nitrogens with two attached hydrogens (primary N) is 1. The Bertz CT molecular complexity index is 481. The first-order valence-corrected chi connectivity index (χ1v) is 6.26. The maximum Gasteiger partial charge on any atom is 0.251 e. The van der Waals surface area contributed by atoms with E-state index >= 15 is 0 Å². The smallest absolute Gasteiger partial charge is 0.251 e. The quantitative estimate of drug-likeness (QED) is 0.309. The Balaban J connectivity index is 1.88. The summed E-state index contributed by atoms with van der Waals surface area (Å²) >= 11 is 0. The van der Waals surface area contributed by atoms with E-state index in [4.69, 9.17) is 20.4 Å². The highest BCUT2D eigenvalue weighted by atomic mass is 16.6. The summed E-state index contributed by atoms with van der Waals surface area (Å²) in [4.78, 5) is 11.9. The van der Waals surface area contributed by atoms with E-state index in [1.165, 1.54) is 0 Å². The molecule has 1 fully saturated rings. The second-order valence-electron chi connectivity index (χ2n) is 4.34. The van der Waals surface area contributed by atoms with E-state index < -0.39 is 0 Å². The van der Waals surface area contributed by atoms with E-state index in [-0.39, 0.29) is 17.8 Å². The normalized spacial score (nSPS) is 19.6. The molecule has 0 aliphatic carbocycles. The summed E-state index contributed by atoms with van der Waals surface area (Å²) in [6.45, 7) is 2.04. The van der Waals surface area contributed by atoms with Gasteiger partial charge in [-0.2, -0.15) is 0 Å². The van der Waals surface area contributed by atoms with Crippen LogP contribution in [-0.4, -0.2) is 49.4 Å². The van der Waals surface area contributed by atoms with Crippen LogP contribution in [0.2, 0.25) is 0 Å². The molecule has 0 aromatic heterocycles. The molecule has 0 radical (unpaired) electrons. The first-order valence-electron chi connectivity index (χ1n) is 6.26. The summed E-state index contributed by atoms with van der Waals surface area (Å²) in [7, 11) is 0. The Morgan fingerprint density at radius 2 is 2.05 bits per heavy atom. The van der Waals surface area contributed by atoms with Gasteiger partial charge in [0.05, 0.1) is 25.9 Å². The van der Waals surface area contributed by atoms with E-state index in [1.807, 2.05) is 0 Å². The summed E-state index contributed by atoms with van der Waals surface area (Å²) in [5.74, 6) is -0.199. The minimum Gasteiger partial charge on any atom is -0.409 e. The monoisotopic (exact) mass is 279 g/mol. The third kappa shape index (κ3) is 3.69. The molecule has 0 bridgehead atoms. The average Bonchev–Trinajstić information content (AvgIpc) is 2.53. The molecular weight excluding hydrogens is 262 g/mol. The SMILES string of the molecule is N/C(=N\O)c1ccc(C(=O)NCC2COCCO2)cc1. The van der Waals surface area contributed by atoms with Crippen LogP contribution in [0.4, 0.5) is 0 Å². The molecular formula is C13H17N3O4. The van der Waals surface area contributed by atoms with Crippen LogP contribution in [0.25, 0.3) is 0 Å². The molecule has 1 aliphatic rings. The van der Waals surface area contributed by atoms with Crippen molar-refractivity contribution in [3.8, 4) is 0 Å². The Labute approximate surface area is 116 Å². The topological polar surface area (TPSA) is 106 Å². The lowest BCUT2D eigenvalue weighted by atomic mass is 10.1. The maximum absolute atomic E-state index is 11.9. The maximum atomic E-state index is 11.9. The minimum atomic E-state index is -0.203. The zero-order chi connectivity index (χ0) is 14.4. The standard InChI is InChI=1S/C13H17N3O4/c14-12(16-18)9-1-3-10(4-2-9)13(17)15-7-11-8-19-5-6-20-11/h1-4,11,18H,5-8H2,(H2,14,16)(H,15,17). The number of nitrogens with zero attached hydrogens (tertiary/aromatic N) is 1. The van der Waals surface area contributed by atoms with Crippen LogP contribution in [0.15, 0.2) is 29.4 Å². The number of ether oxygens (including phenoxy) is 2. The third-order valence-corrected chi connectivity index (χ3v) is 2.93. The lowest BCUT2D eigenvalue weighted by molar-refractivity contribution is -0.0855. The van der Waals surface area contributed by atoms with Crippen molar-refractivity contribution in [1.29, 1.82) is 0 Å². The molecule has 1 heterocycles. The second kappa shape index (κ2) is 6.88. The molecule has 108 valence electrons. The lowest BCUT2D eigenvalue weighted by Gasteiger charge is -2.23. The van der Waals surface area contributed by atoms with Gasteiger partial charge in [-0.1, -0.05) is 17.3 Å². The Morgan fingerprint density at radius 1 is 1.35 bits per heavy atom. The van der Waals surface area contributed by atoms with Gasteiger partial charge in [0.2, 0.25) is 0 Å². The Morgan fingerprint density at radius 3 is 2.65 bits per heavy atom. The molecule has 1 aliphatic heterocycles. The molecule has 1 aromatic rings. The molecule has 1 aromatic carbocycles. The van der Waals surface area contributed by atoms with Gasteiger partial charge in [-0.15, -0.1) is 0 Å². The van der Waals surface area contributed by atoms with E-state index in [0.717, 1.165) is 0 Å². The van der Waals surface area contributed by atoms with E-state index in [9.17, 15) is 4.79 Å². The van der Waals surface area contributed by atoms with Crippen LogP contribution < -0.4 is 11.1 Å². The summed E-state index contributed by atoms with van der Waals surface area (Å²) in [6, 6.07) is 6.45. The lowest BCUT2D eigenvalue weighted by Crippen LogP contribution is -2.39. The van der Waals surface area contributed by atoms with Crippen LogP contribution in [0.5, 0.6) is 0 Å². The third-order valence-electron chi connectivity index (χ3n) is 2.93. The summed E-state index contributed by atoms with van der Waals surface area (Å²) in [6.07, 6.45) is -0.107. The average molecular weight is 279 g/mol. The highest BCUT2D eigenvalue weighted by Gasteiger charge is 2.15. The molecule has 0 spiro atoms. The van der Waals surface area contributed by atoms with Crippen LogP contribution in [0, 0.1) is 0 Å². The molecule has 1 atom stereocenters. The highest BCUT2D eigenvalue weighted by Crippen LogP contribution is 2.05. The fourth-order valence-corrected chi connectivity index (χ4v) is 1.81. The van der Waals surface area contributed by atoms with Crippen molar-refractivity contribution in [2.75, 3.05) is 26.4 Å². The Hall–Kier alpha value is -2.12. The fourth-order valence-electron chi connectivity index (χ4n) is 1.81. The largest absolute Gasteiger partial charge is 0.409 e. The van der Waals surface area contributed by atoms with Gasteiger partial charge in [0, 0.05) is 17.7 Å². The van der Waals surface area contributed by atoms with Crippen molar-refractivity contribution >= 4 is 11.7 Å². The first-order chi connectivity index (χ1) is 9.70. The van der Waals surface area contributed by atoms with Gasteiger partial charge in [0.1, 0.15) is 0 Å². The number of nitrogens with one attached hydrogen (secondary N) is 1. The van der Waals surface area contributed by atoms with Gasteiger partial charge < -0.3 is 25.7 Å². The van der Waals surface area contributed by atoms with Gasteiger partial charge in [-0.05, 0) is 12.1 Å². The number of benzene rings is 1. The number of hydrogen-bond donors (Lipinski definition) is 3. The fraction of sp³-hybridized carbons (Fsp3) is 0.385. The van der Waals surface area contributed by atoms with Crippen molar-refractivity contribution in [3.63, 3.8) is 0 Å². The molecule has 1 amide bonds. The van der Waals surface area contributed by atoms with Gasteiger partial charge in [-0.25, -0.2) is 0 Å². The molecule has 1 saturated heterocycles. The van der Waals surface area contributed by atoms with Crippen molar-refractivity contribution in [2.24, 2.45) is 10.9 Å². The predicted molar refractivity (Wildman–Crippen MR) is 71.8 cm³/mol. The van der Waals surface area contributed by atoms with E-state index in [0.29, 0.717) is 37.5 Å². The number of rotatable bonds is 4. The zero-order valence-electron chi connectivity index (χ0n) is 10.9. The van der Waals surface area contributed by atoms with E-state index in [2.05, 4.69) is 10.5 Å². The molecule has 7 nitrogen and oxygen atoms in total. The summed E-state index contributed by atoms with van der Waals surface area (Å²) < 4.78 is 10.7. The van der Waals surface area contributed by atoms with Gasteiger partial charge in [0.15, 0.2) is 5.84 Å². The molecule has 4 N–H and O–H groups in total. The second-order valence-corrected chi connectivity index (χ2v) is 4.34. The first kappa shape index (κ1) is 14.3. The van der Waals surface area contributed by atoms with Gasteiger partial charge in [0.25, 0.3) is 5.91 Å². The zero-order valence-corrected chi connectivity index (χ0v) is 10.9. The number of carbonyl (C=O) groups excluding carboxylic acids is 1. The number of carbonyl (C=O) groups is 1. The number of amides is 1. The van der Waals surface area contributed by atoms with Crippen molar-refractivity contribution in [2.45, 2.75) is 6.10 Å². The van der Waals surface area contributed by atoms with Crippen LogP contribution in [0.1, 0.15) is 15.9 Å². The molecule has 0 saturated carbocycles. The number of amidine groups is 1. The number of hydrogen-bond acceptors (Lipinski definition) is 5. The van der Waals surface area contributed by atoms with Crippen LogP contribution in [-0.2, 0) is 9.47 Å². The van der Waals surface area contributed by atoms with Crippen molar-refractivity contribution in [1.82, 2.24) is 5.32 Å². The Kier molecular flexibility index (Phi) is 4.91. The molecule has 1 unspecified atom stereocenters. The minimum absolute atomic E-state index is 0.00436. The summed E-state index contributed by atoms with van der Waals surface area (Å²) in [5, 5.41) is 14.2. The van der Waals surface area contributed by atoms with Crippen molar-refractivity contribution in [3.05, 3.63) is 35.4 Å². The number of oxime groups is 1. The highest BCUT2D eigenvalue weighted by molar-refractivity contribution is 5.99. The van der Waals surface area contributed by atoms with Crippen LogP contribution >= 0.6 is 0 Å². The van der Waals surface area contributed by atoms with Gasteiger partial charge >= 0.3 is 0 Å².